The predicted octanol–water partition coefficient (Wildman–Crippen LogP) is 10.9. The quantitative estimate of drug-likeness (QED) is 0.0239. The first-order chi connectivity index (χ1) is 25.7. The first kappa shape index (κ1) is 50.7. The van der Waals surface area contributed by atoms with Gasteiger partial charge in [-0.1, -0.05) is 158 Å². The number of carbonyl (C=O) groups is 2. The highest BCUT2D eigenvalue weighted by Crippen LogP contribution is 2.43. The van der Waals surface area contributed by atoms with Crippen molar-refractivity contribution in [3.05, 3.63) is 60.8 Å². The number of carboxylic acid groups (broad SMARTS) is 1. The van der Waals surface area contributed by atoms with Gasteiger partial charge in [-0.25, -0.2) is 4.57 Å². The fourth-order valence-electron chi connectivity index (χ4n) is 5.17. The molecule has 0 aliphatic carbocycles. The summed E-state index contributed by atoms with van der Waals surface area (Å²) in [4.78, 5) is 33.4. The Morgan fingerprint density at radius 3 is 1.57 bits per heavy atom. The lowest BCUT2D eigenvalue weighted by Gasteiger charge is -2.20. The zero-order valence-electron chi connectivity index (χ0n) is 33.1. The van der Waals surface area contributed by atoms with Crippen LogP contribution in [0.2, 0.25) is 0 Å². The van der Waals surface area contributed by atoms with Gasteiger partial charge >= 0.3 is 19.8 Å². The summed E-state index contributed by atoms with van der Waals surface area (Å²) >= 11 is 0. The lowest BCUT2D eigenvalue weighted by molar-refractivity contribution is -0.154. The number of allylic oxidation sites excluding steroid dienone is 10. The second-order valence-electron chi connectivity index (χ2n) is 13.4. The maximum atomic E-state index is 12.6. The van der Waals surface area contributed by atoms with Crippen LogP contribution in [0.25, 0.3) is 0 Å². The fourth-order valence-corrected chi connectivity index (χ4v) is 5.95. The van der Waals surface area contributed by atoms with Crippen molar-refractivity contribution in [1.29, 1.82) is 0 Å². The van der Waals surface area contributed by atoms with Gasteiger partial charge < -0.3 is 25.2 Å². The Morgan fingerprint density at radius 2 is 1.08 bits per heavy atom. The number of aliphatic carboxylic acids is 1. The summed E-state index contributed by atoms with van der Waals surface area (Å²) in [7, 11) is -4.63. The van der Waals surface area contributed by atoms with Gasteiger partial charge in [0.2, 0.25) is 0 Å². The van der Waals surface area contributed by atoms with E-state index in [1.54, 1.807) is 0 Å². The Balaban J connectivity index is 4.39. The average molecular weight is 768 g/mol. The molecule has 0 saturated heterocycles. The van der Waals surface area contributed by atoms with Gasteiger partial charge in [-0.15, -0.1) is 0 Å². The van der Waals surface area contributed by atoms with Crippen LogP contribution in [-0.2, 0) is 32.7 Å². The van der Waals surface area contributed by atoms with Gasteiger partial charge in [0.15, 0.2) is 0 Å². The van der Waals surface area contributed by atoms with Crippen molar-refractivity contribution in [1.82, 2.24) is 0 Å². The summed E-state index contributed by atoms with van der Waals surface area (Å²) < 4.78 is 33.2. The first-order valence-electron chi connectivity index (χ1n) is 20.3. The predicted molar refractivity (Wildman–Crippen MR) is 217 cm³/mol. The number of esters is 1. The van der Waals surface area contributed by atoms with Crippen LogP contribution in [0.4, 0.5) is 0 Å². The van der Waals surface area contributed by atoms with Crippen molar-refractivity contribution < 1.29 is 42.7 Å². The normalized spacial score (nSPS) is 14.6. The van der Waals surface area contributed by atoms with E-state index in [-0.39, 0.29) is 13.0 Å². The molecule has 0 aromatic carbocycles. The minimum absolute atomic E-state index is 0.00635. The van der Waals surface area contributed by atoms with Crippen molar-refractivity contribution >= 4 is 19.8 Å². The van der Waals surface area contributed by atoms with Crippen LogP contribution >= 0.6 is 7.82 Å². The van der Waals surface area contributed by atoms with Crippen LogP contribution in [0, 0.1) is 0 Å². The molecule has 0 heterocycles. The number of carboxylic acids is 1. The minimum atomic E-state index is -4.63. The molecule has 0 aromatic rings. The summed E-state index contributed by atoms with van der Waals surface area (Å²) in [6, 6.07) is -1.48. The van der Waals surface area contributed by atoms with Crippen molar-refractivity contribution in [2.75, 3.05) is 26.4 Å². The second kappa shape index (κ2) is 38.0. The molecule has 0 amide bonds. The maximum absolute atomic E-state index is 12.6. The van der Waals surface area contributed by atoms with E-state index in [1.165, 1.54) is 70.6 Å². The van der Waals surface area contributed by atoms with Gasteiger partial charge in [0, 0.05) is 13.0 Å². The summed E-state index contributed by atoms with van der Waals surface area (Å²) in [6.07, 6.45) is 44.2. The van der Waals surface area contributed by atoms with E-state index in [4.69, 9.17) is 29.4 Å². The van der Waals surface area contributed by atoms with Gasteiger partial charge in [-0.05, 0) is 51.4 Å². The van der Waals surface area contributed by atoms with Crippen LogP contribution in [0.15, 0.2) is 60.8 Å². The molecule has 0 aromatic heterocycles. The molecule has 53 heavy (non-hydrogen) atoms. The SMILES string of the molecule is CC/C=C\C/C=C\C/C=C\C/C=C\C/C=C\CCCC(=O)OC(COCCCCCCCCCCCCCCCC)COP(=O)(O)OCC(N)C(=O)O. The Labute approximate surface area is 322 Å². The van der Waals surface area contributed by atoms with Gasteiger partial charge in [-0.3, -0.25) is 18.6 Å². The monoisotopic (exact) mass is 768 g/mol. The zero-order chi connectivity index (χ0) is 39.1. The van der Waals surface area contributed by atoms with Crippen molar-refractivity contribution in [3.63, 3.8) is 0 Å². The summed E-state index contributed by atoms with van der Waals surface area (Å²) in [6.45, 7) is 3.69. The number of hydrogen-bond donors (Lipinski definition) is 3. The molecule has 11 heteroatoms. The third-order valence-corrected chi connectivity index (χ3v) is 9.26. The third kappa shape index (κ3) is 37.8. The highest BCUT2D eigenvalue weighted by atomic mass is 31.2. The largest absolute Gasteiger partial charge is 0.480 e. The summed E-state index contributed by atoms with van der Waals surface area (Å²) in [5.41, 5.74) is 5.34. The van der Waals surface area contributed by atoms with Crippen molar-refractivity contribution in [2.45, 2.75) is 167 Å². The highest BCUT2D eigenvalue weighted by Gasteiger charge is 2.27. The number of carbonyl (C=O) groups excluding carboxylic acids is 1. The molecule has 0 fully saturated rings. The molecular formula is C42H74NO9P. The zero-order valence-corrected chi connectivity index (χ0v) is 34.0. The number of nitrogens with two attached hydrogens (primary N) is 1. The molecule has 10 nitrogen and oxygen atoms in total. The highest BCUT2D eigenvalue weighted by molar-refractivity contribution is 7.47. The number of ether oxygens (including phenoxy) is 2. The van der Waals surface area contributed by atoms with E-state index in [9.17, 15) is 19.0 Å². The number of phosphoric acid groups is 1. The Morgan fingerprint density at radius 1 is 0.623 bits per heavy atom. The van der Waals surface area contributed by atoms with Crippen LogP contribution in [0.5, 0.6) is 0 Å². The van der Waals surface area contributed by atoms with Gasteiger partial charge in [0.25, 0.3) is 0 Å². The van der Waals surface area contributed by atoms with E-state index in [1.807, 2.05) is 6.08 Å². The number of hydrogen-bond acceptors (Lipinski definition) is 8. The molecule has 4 N–H and O–H groups in total. The Hall–Kier alpha value is -2.33. The van der Waals surface area contributed by atoms with E-state index in [0.29, 0.717) is 19.4 Å². The fraction of sp³-hybridized carbons (Fsp3) is 0.714. The standard InChI is InChI=1S/C42H74NO9P/c1-3-5-7-9-11-13-15-17-19-20-21-22-24-26-28-30-32-34-41(44)52-39(37-50-53(47,48)51-38-40(43)42(45)46)36-49-35-33-31-29-27-25-23-18-16-14-12-10-8-6-4-2/h5,7,11,13,17,19,21-22,26,28,39-40H,3-4,6,8-10,12,14-16,18,20,23-25,27,29-38,43H2,1-2H3,(H,45,46)(H,47,48)/b7-5-,13-11-,19-17-,22-21-,28-26-. The van der Waals surface area contributed by atoms with Gasteiger partial charge in [-0.2, -0.15) is 0 Å². The summed E-state index contributed by atoms with van der Waals surface area (Å²) in [5, 5.41) is 8.88. The van der Waals surface area contributed by atoms with Crippen LogP contribution in [0.1, 0.15) is 155 Å². The second-order valence-corrected chi connectivity index (χ2v) is 14.8. The van der Waals surface area contributed by atoms with Crippen molar-refractivity contribution in [2.24, 2.45) is 5.73 Å². The van der Waals surface area contributed by atoms with E-state index in [2.05, 4.69) is 68.5 Å². The Kier molecular flexibility index (Phi) is 36.3. The average Bonchev–Trinajstić information content (AvgIpc) is 3.13. The number of phosphoric ester groups is 1. The molecule has 3 unspecified atom stereocenters. The topological polar surface area (TPSA) is 155 Å². The van der Waals surface area contributed by atoms with Crippen LogP contribution in [-0.4, -0.2) is 60.5 Å². The lowest BCUT2D eigenvalue weighted by Crippen LogP contribution is -2.34. The molecule has 0 spiro atoms. The number of rotatable bonds is 38. The van der Waals surface area contributed by atoms with E-state index < -0.39 is 45.1 Å². The molecule has 0 rings (SSSR count). The summed E-state index contributed by atoms with van der Waals surface area (Å²) in [5.74, 6) is -1.84. The first-order valence-corrected chi connectivity index (χ1v) is 21.8. The molecule has 0 saturated carbocycles. The lowest BCUT2D eigenvalue weighted by atomic mass is 10.0. The minimum Gasteiger partial charge on any atom is -0.480 e. The molecule has 0 aliphatic rings. The van der Waals surface area contributed by atoms with Crippen LogP contribution in [0.3, 0.4) is 0 Å². The molecule has 0 aliphatic heterocycles. The molecule has 306 valence electrons. The molecule has 3 atom stereocenters. The molecule has 0 radical (unpaired) electrons. The molecular weight excluding hydrogens is 693 g/mol. The van der Waals surface area contributed by atoms with Crippen molar-refractivity contribution in [3.8, 4) is 0 Å². The van der Waals surface area contributed by atoms with E-state index >= 15 is 0 Å². The Bertz CT molecular complexity index is 1070. The van der Waals surface area contributed by atoms with Crippen LogP contribution < -0.4 is 5.73 Å². The van der Waals surface area contributed by atoms with Gasteiger partial charge in [0.05, 0.1) is 19.8 Å². The van der Waals surface area contributed by atoms with E-state index in [0.717, 1.165) is 51.4 Å². The number of unbranched alkanes of at least 4 members (excludes halogenated alkanes) is 14. The third-order valence-electron chi connectivity index (χ3n) is 8.31. The molecule has 0 bridgehead atoms. The smallest absolute Gasteiger partial charge is 0.472 e. The van der Waals surface area contributed by atoms with Gasteiger partial charge in [0.1, 0.15) is 12.1 Å². The maximum Gasteiger partial charge on any atom is 0.472 e.